The third kappa shape index (κ3) is 2.44. The smallest absolute Gasteiger partial charge is 0.178 e. The molecule has 0 radical (unpaired) electrons. The third-order valence-corrected chi connectivity index (χ3v) is 3.94. The molecule has 0 spiro atoms. The molecule has 0 bridgehead atoms. The third-order valence-electron chi connectivity index (χ3n) is 3.62. The van der Waals surface area contributed by atoms with Crippen LogP contribution in [-0.4, -0.2) is 9.55 Å². The van der Waals surface area contributed by atoms with Gasteiger partial charge in [0.05, 0.1) is 11.0 Å². The van der Waals surface area contributed by atoms with Crippen LogP contribution in [0, 0.1) is 16.1 Å². The van der Waals surface area contributed by atoms with Gasteiger partial charge >= 0.3 is 0 Å². The molecular formula is C14H20N2S. The van der Waals surface area contributed by atoms with Gasteiger partial charge in [-0.3, -0.25) is 0 Å². The zero-order valence-electron chi connectivity index (χ0n) is 10.9. The van der Waals surface area contributed by atoms with Crippen LogP contribution in [0.3, 0.4) is 0 Å². The molecule has 0 amide bonds. The molecule has 2 nitrogen and oxygen atoms in total. The Bertz CT molecular complexity index is 572. The van der Waals surface area contributed by atoms with Gasteiger partial charge in [0.1, 0.15) is 0 Å². The minimum absolute atomic E-state index is 0.299. The van der Waals surface area contributed by atoms with E-state index in [-0.39, 0.29) is 0 Å². The molecule has 1 heterocycles. The van der Waals surface area contributed by atoms with E-state index in [4.69, 9.17) is 12.2 Å². The number of hydrogen-bond acceptors (Lipinski definition) is 1. The molecule has 2 rings (SSSR count). The molecule has 2 aromatic rings. The summed E-state index contributed by atoms with van der Waals surface area (Å²) in [5.41, 5.74) is 2.62. The van der Waals surface area contributed by atoms with Crippen LogP contribution >= 0.6 is 12.2 Å². The maximum Gasteiger partial charge on any atom is 0.178 e. The number of fused-ring (bicyclic) bond motifs is 1. The van der Waals surface area contributed by atoms with E-state index in [1.807, 2.05) is 6.07 Å². The van der Waals surface area contributed by atoms with Gasteiger partial charge in [-0.25, -0.2) is 0 Å². The first kappa shape index (κ1) is 12.4. The number of para-hydroxylation sites is 2. The molecule has 0 aliphatic heterocycles. The number of nitrogens with one attached hydrogen (secondary N) is 1. The van der Waals surface area contributed by atoms with E-state index in [1.165, 1.54) is 5.52 Å². The molecule has 0 aliphatic rings. The van der Waals surface area contributed by atoms with Crippen molar-refractivity contribution in [1.29, 1.82) is 0 Å². The Labute approximate surface area is 108 Å². The fraction of sp³-hybridized carbons (Fsp3) is 0.500. The maximum atomic E-state index is 5.40. The average Bonchev–Trinajstić information content (AvgIpc) is 2.54. The molecule has 1 aromatic carbocycles. The second-order valence-corrected chi connectivity index (χ2v) is 6.21. The Hall–Kier alpha value is -1.09. The zero-order chi connectivity index (χ0) is 12.6. The number of hydrogen-bond donors (Lipinski definition) is 1. The quantitative estimate of drug-likeness (QED) is 0.782. The van der Waals surface area contributed by atoms with Crippen LogP contribution in [0.1, 0.15) is 27.7 Å². The van der Waals surface area contributed by atoms with E-state index in [0.29, 0.717) is 11.3 Å². The Balaban J connectivity index is 2.43. The fourth-order valence-corrected chi connectivity index (χ4v) is 2.12. The maximum absolute atomic E-state index is 5.40. The Morgan fingerprint density at radius 3 is 2.59 bits per heavy atom. The van der Waals surface area contributed by atoms with Gasteiger partial charge in [0.25, 0.3) is 0 Å². The first-order chi connectivity index (χ1) is 7.89. The van der Waals surface area contributed by atoms with Crippen molar-refractivity contribution in [3.63, 3.8) is 0 Å². The van der Waals surface area contributed by atoms with Crippen molar-refractivity contribution in [2.75, 3.05) is 0 Å². The van der Waals surface area contributed by atoms with E-state index >= 15 is 0 Å². The molecule has 1 aromatic heterocycles. The number of nitrogens with zero attached hydrogens (tertiary/aromatic N) is 1. The van der Waals surface area contributed by atoms with Gasteiger partial charge < -0.3 is 9.55 Å². The lowest BCUT2D eigenvalue weighted by Gasteiger charge is -2.27. The average molecular weight is 248 g/mol. The number of aromatic amines is 1. The van der Waals surface area contributed by atoms with Gasteiger partial charge in [-0.05, 0) is 35.7 Å². The standard InChI is InChI=1S/C14H20N2S/c1-10(14(2,3)4)9-16-12-8-6-5-7-11(12)15-13(16)17/h5-8,10H,9H2,1-4H3,(H,15,17). The van der Waals surface area contributed by atoms with Crippen LogP contribution in [0.25, 0.3) is 11.0 Å². The molecule has 0 aliphatic carbocycles. The highest BCUT2D eigenvalue weighted by Gasteiger charge is 2.21. The molecule has 17 heavy (non-hydrogen) atoms. The lowest BCUT2D eigenvalue weighted by Crippen LogP contribution is -2.22. The molecule has 0 saturated heterocycles. The van der Waals surface area contributed by atoms with Gasteiger partial charge in [-0.1, -0.05) is 39.8 Å². The summed E-state index contributed by atoms with van der Waals surface area (Å²) in [6, 6.07) is 8.29. The molecule has 1 unspecified atom stereocenters. The van der Waals surface area contributed by atoms with Crippen molar-refractivity contribution in [2.24, 2.45) is 11.3 Å². The summed E-state index contributed by atoms with van der Waals surface area (Å²) in [6.07, 6.45) is 0. The van der Waals surface area contributed by atoms with Gasteiger partial charge in [-0.15, -0.1) is 0 Å². The highest BCUT2D eigenvalue weighted by atomic mass is 32.1. The first-order valence-corrected chi connectivity index (χ1v) is 6.48. The van der Waals surface area contributed by atoms with Crippen molar-refractivity contribution in [3.8, 4) is 0 Å². The van der Waals surface area contributed by atoms with Gasteiger partial charge in [-0.2, -0.15) is 0 Å². The Kier molecular flexibility index (Phi) is 3.13. The summed E-state index contributed by atoms with van der Waals surface area (Å²) in [4.78, 5) is 3.26. The van der Waals surface area contributed by atoms with E-state index in [9.17, 15) is 0 Å². The summed E-state index contributed by atoms with van der Waals surface area (Å²) in [5.74, 6) is 0.577. The number of rotatable bonds is 2. The molecule has 0 saturated carbocycles. The van der Waals surface area contributed by atoms with Crippen molar-refractivity contribution < 1.29 is 0 Å². The Morgan fingerprint density at radius 2 is 1.94 bits per heavy atom. The summed E-state index contributed by atoms with van der Waals surface area (Å²) in [7, 11) is 0. The van der Waals surface area contributed by atoms with Crippen LogP contribution in [0.2, 0.25) is 0 Å². The predicted octanol–water partition coefficient (Wildman–Crippen LogP) is 4.38. The number of imidazole rings is 1. The van der Waals surface area contributed by atoms with Crippen molar-refractivity contribution in [3.05, 3.63) is 29.0 Å². The molecule has 1 atom stereocenters. The van der Waals surface area contributed by atoms with E-state index in [0.717, 1.165) is 16.8 Å². The summed E-state index contributed by atoms with van der Waals surface area (Å²) < 4.78 is 3.03. The largest absolute Gasteiger partial charge is 0.331 e. The number of H-pyrrole nitrogens is 1. The SMILES string of the molecule is CC(Cn1c(=S)[nH]c2ccccc21)C(C)(C)C. The van der Waals surface area contributed by atoms with E-state index < -0.39 is 0 Å². The molecular weight excluding hydrogens is 228 g/mol. The van der Waals surface area contributed by atoms with Crippen LogP contribution in [-0.2, 0) is 6.54 Å². The second-order valence-electron chi connectivity index (χ2n) is 5.82. The van der Waals surface area contributed by atoms with Crippen LogP contribution in [0.4, 0.5) is 0 Å². The number of benzene rings is 1. The molecule has 92 valence electrons. The van der Waals surface area contributed by atoms with E-state index in [2.05, 4.69) is 55.4 Å². The molecule has 1 N–H and O–H groups in total. The highest BCUT2D eigenvalue weighted by Crippen LogP contribution is 2.28. The van der Waals surface area contributed by atoms with Crippen molar-refractivity contribution in [1.82, 2.24) is 9.55 Å². The van der Waals surface area contributed by atoms with Gasteiger partial charge in [0.15, 0.2) is 4.77 Å². The van der Waals surface area contributed by atoms with Crippen LogP contribution in [0.5, 0.6) is 0 Å². The minimum Gasteiger partial charge on any atom is -0.331 e. The second kappa shape index (κ2) is 4.30. The normalized spacial score (nSPS) is 14.1. The van der Waals surface area contributed by atoms with Crippen LogP contribution in [0.15, 0.2) is 24.3 Å². The highest BCUT2D eigenvalue weighted by molar-refractivity contribution is 7.71. The topological polar surface area (TPSA) is 20.7 Å². The van der Waals surface area contributed by atoms with E-state index in [1.54, 1.807) is 0 Å². The first-order valence-electron chi connectivity index (χ1n) is 6.07. The fourth-order valence-electron chi connectivity index (χ4n) is 1.84. The van der Waals surface area contributed by atoms with Gasteiger partial charge in [0, 0.05) is 6.54 Å². The van der Waals surface area contributed by atoms with Crippen molar-refractivity contribution >= 4 is 23.3 Å². The zero-order valence-corrected chi connectivity index (χ0v) is 11.8. The lowest BCUT2D eigenvalue weighted by atomic mass is 9.82. The van der Waals surface area contributed by atoms with Gasteiger partial charge in [0.2, 0.25) is 0 Å². The predicted molar refractivity (Wildman–Crippen MR) is 75.7 cm³/mol. The summed E-state index contributed by atoms with van der Waals surface area (Å²) in [6.45, 7) is 10.1. The Morgan fingerprint density at radius 1 is 1.29 bits per heavy atom. The number of aromatic nitrogens is 2. The molecule has 3 heteroatoms. The summed E-state index contributed by atoms with van der Waals surface area (Å²) >= 11 is 5.40. The van der Waals surface area contributed by atoms with Crippen LogP contribution < -0.4 is 0 Å². The molecule has 0 fully saturated rings. The summed E-state index contributed by atoms with van der Waals surface area (Å²) in [5, 5.41) is 0. The minimum atomic E-state index is 0.299. The monoisotopic (exact) mass is 248 g/mol. The lowest BCUT2D eigenvalue weighted by molar-refractivity contribution is 0.234. The van der Waals surface area contributed by atoms with Crippen molar-refractivity contribution in [2.45, 2.75) is 34.2 Å².